The van der Waals surface area contributed by atoms with Crippen molar-refractivity contribution in [3.63, 3.8) is 0 Å². The molecule has 2 amide bonds. The van der Waals surface area contributed by atoms with Crippen molar-refractivity contribution in [2.75, 3.05) is 25.0 Å². The third kappa shape index (κ3) is 3.73. The maximum atomic E-state index is 12.2. The number of urea groups is 1. The lowest BCUT2D eigenvalue weighted by molar-refractivity contribution is 0.136. The molecule has 0 aliphatic carbocycles. The number of hydrogen-bond donors (Lipinski definition) is 2. The second kappa shape index (κ2) is 6.75. The van der Waals surface area contributed by atoms with Crippen LogP contribution < -0.4 is 5.32 Å². The third-order valence-electron chi connectivity index (χ3n) is 3.87. The van der Waals surface area contributed by atoms with Gasteiger partial charge in [0.05, 0.1) is 0 Å². The van der Waals surface area contributed by atoms with Crippen molar-refractivity contribution in [2.45, 2.75) is 32.6 Å². The molecular formula is C16H24N2O2. The van der Waals surface area contributed by atoms with Crippen molar-refractivity contribution in [3.8, 4) is 0 Å². The number of benzene rings is 1. The van der Waals surface area contributed by atoms with Gasteiger partial charge in [0.25, 0.3) is 0 Å². The molecule has 1 aromatic rings. The number of hydrogen-bond acceptors (Lipinski definition) is 2. The summed E-state index contributed by atoms with van der Waals surface area (Å²) in [5, 5.41) is 12.2. The van der Waals surface area contributed by atoms with E-state index in [9.17, 15) is 9.90 Å². The number of nitrogens with one attached hydrogen (secondary N) is 1. The molecule has 2 N–H and O–H groups in total. The molecule has 1 unspecified atom stereocenters. The molecule has 0 saturated carbocycles. The van der Waals surface area contributed by atoms with E-state index in [0.29, 0.717) is 12.5 Å². The molecule has 4 heteroatoms. The first-order valence-corrected chi connectivity index (χ1v) is 7.37. The summed E-state index contributed by atoms with van der Waals surface area (Å²) in [5.74, 6) is 0.664. The quantitative estimate of drug-likeness (QED) is 0.891. The molecule has 2 rings (SSSR count). The zero-order chi connectivity index (χ0) is 14.5. The van der Waals surface area contributed by atoms with Crippen LogP contribution in [0, 0.1) is 5.92 Å². The van der Waals surface area contributed by atoms with Crippen LogP contribution in [0.15, 0.2) is 24.3 Å². The fourth-order valence-corrected chi connectivity index (χ4v) is 2.58. The van der Waals surface area contributed by atoms with Crippen molar-refractivity contribution in [2.24, 2.45) is 5.92 Å². The van der Waals surface area contributed by atoms with Gasteiger partial charge in [0.1, 0.15) is 0 Å². The number of rotatable bonds is 3. The molecule has 20 heavy (non-hydrogen) atoms. The predicted octanol–water partition coefficient (Wildman–Crippen LogP) is 3.05. The average molecular weight is 276 g/mol. The highest BCUT2D eigenvalue weighted by Gasteiger charge is 2.23. The molecule has 1 aliphatic rings. The minimum absolute atomic E-state index is 0.0657. The SMILES string of the molecule is CC(C)c1cccc(NC(=O)N2CCCC(CO)C2)c1. The van der Waals surface area contributed by atoms with Gasteiger partial charge in [0.2, 0.25) is 0 Å². The number of aliphatic hydroxyl groups excluding tert-OH is 1. The first-order valence-electron chi connectivity index (χ1n) is 7.37. The van der Waals surface area contributed by atoms with E-state index in [-0.39, 0.29) is 18.6 Å². The summed E-state index contributed by atoms with van der Waals surface area (Å²) in [7, 11) is 0. The summed E-state index contributed by atoms with van der Waals surface area (Å²) >= 11 is 0. The molecule has 0 aromatic heterocycles. The van der Waals surface area contributed by atoms with Crippen LogP contribution in [0.1, 0.15) is 38.2 Å². The molecule has 1 aromatic carbocycles. The molecule has 0 radical (unpaired) electrons. The number of nitrogens with zero attached hydrogens (tertiary/aromatic N) is 1. The smallest absolute Gasteiger partial charge is 0.321 e. The molecule has 1 heterocycles. The van der Waals surface area contributed by atoms with Crippen molar-refractivity contribution < 1.29 is 9.90 Å². The summed E-state index contributed by atoms with van der Waals surface area (Å²) in [6, 6.07) is 7.91. The van der Waals surface area contributed by atoms with Crippen LogP contribution in [0.25, 0.3) is 0 Å². The van der Waals surface area contributed by atoms with Gasteiger partial charge in [-0.25, -0.2) is 4.79 Å². The van der Waals surface area contributed by atoms with Gasteiger partial charge in [-0.05, 0) is 42.4 Å². The van der Waals surface area contributed by atoms with E-state index < -0.39 is 0 Å². The van der Waals surface area contributed by atoms with E-state index in [4.69, 9.17) is 0 Å². The van der Waals surface area contributed by atoms with Crippen LogP contribution in [0.5, 0.6) is 0 Å². The summed E-state index contributed by atoms with van der Waals surface area (Å²) in [4.78, 5) is 14.0. The number of piperidine rings is 1. The maximum absolute atomic E-state index is 12.2. The highest BCUT2D eigenvalue weighted by Crippen LogP contribution is 2.20. The van der Waals surface area contributed by atoms with Crippen LogP contribution in [0.3, 0.4) is 0 Å². The first-order chi connectivity index (χ1) is 9.60. The van der Waals surface area contributed by atoms with Gasteiger partial charge in [-0.15, -0.1) is 0 Å². The molecule has 1 saturated heterocycles. The average Bonchev–Trinajstić information content (AvgIpc) is 2.47. The zero-order valence-corrected chi connectivity index (χ0v) is 12.3. The van der Waals surface area contributed by atoms with Gasteiger partial charge in [0.15, 0.2) is 0 Å². The normalized spacial score (nSPS) is 19.2. The Bertz CT molecular complexity index is 460. The molecule has 0 bridgehead atoms. The van der Waals surface area contributed by atoms with Crippen LogP contribution in [0.4, 0.5) is 10.5 Å². The van der Waals surface area contributed by atoms with Crippen molar-refractivity contribution in [1.82, 2.24) is 4.90 Å². The molecule has 1 atom stereocenters. The van der Waals surface area contributed by atoms with Gasteiger partial charge >= 0.3 is 6.03 Å². The summed E-state index contributed by atoms with van der Waals surface area (Å²) < 4.78 is 0. The Balaban J connectivity index is 1.98. The molecular weight excluding hydrogens is 252 g/mol. The van der Waals surface area contributed by atoms with E-state index in [0.717, 1.165) is 25.1 Å². The Morgan fingerprint density at radius 1 is 1.50 bits per heavy atom. The Morgan fingerprint density at radius 2 is 2.30 bits per heavy atom. The van der Waals surface area contributed by atoms with Gasteiger partial charge < -0.3 is 15.3 Å². The van der Waals surface area contributed by atoms with Crippen molar-refractivity contribution in [3.05, 3.63) is 29.8 Å². The second-order valence-electron chi connectivity index (χ2n) is 5.85. The van der Waals surface area contributed by atoms with E-state index in [1.54, 1.807) is 4.90 Å². The third-order valence-corrected chi connectivity index (χ3v) is 3.87. The monoisotopic (exact) mass is 276 g/mol. The second-order valence-corrected chi connectivity index (χ2v) is 5.85. The number of carbonyl (C=O) groups is 1. The topological polar surface area (TPSA) is 52.6 Å². The van der Waals surface area contributed by atoms with Gasteiger partial charge in [0, 0.05) is 25.4 Å². The van der Waals surface area contributed by atoms with E-state index in [2.05, 4.69) is 25.2 Å². The molecule has 1 fully saturated rings. The van der Waals surface area contributed by atoms with Crippen LogP contribution in [0.2, 0.25) is 0 Å². The van der Waals surface area contributed by atoms with Crippen LogP contribution >= 0.6 is 0 Å². The molecule has 110 valence electrons. The highest BCUT2D eigenvalue weighted by atomic mass is 16.3. The number of likely N-dealkylation sites (tertiary alicyclic amines) is 1. The highest BCUT2D eigenvalue weighted by molar-refractivity contribution is 5.89. The van der Waals surface area contributed by atoms with E-state index in [1.807, 2.05) is 18.2 Å². The lowest BCUT2D eigenvalue weighted by atomic mass is 9.99. The zero-order valence-electron chi connectivity index (χ0n) is 12.3. The number of anilines is 1. The minimum Gasteiger partial charge on any atom is -0.396 e. The maximum Gasteiger partial charge on any atom is 0.321 e. The van der Waals surface area contributed by atoms with Crippen LogP contribution in [-0.2, 0) is 0 Å². The number of aliphatic hydroxyl groups is 1. The van der Waals surface area contributed by atoms with E-state index >= 15 is 0 Å². The van der Waals surface area contributed by atoms with Crippen LogP contribution in [-0.4, -0.2) is 35.7 Å². The largest absolute Gasteiger partial charge is 0.396 e. The minimum atomic E-state index is -0.0657. The van der Waals surface area contributed by atoms with Gasteiger partial charge in [-0.2, -0.15) is 0 Å². The van der Waals surface area contributed by atoms with E-state index in [1.165, 1.54) is 5.56 Å². The van der Waals surface area contributed by atoms with Gasteiger partial charge in [-0.3, -0.25) is 0 Å². The fourth-order valence-electron chi connectivity index (χ4n) is 2.58. The Labute approximate surface area is 120 Å². The molecule has 1 aliphatic heterocycles. The number of amides is 2. The van der Waals surface area contributed by atoms with Crippen molar-refractivity contribution >= 4 is 11.7 Å². The van der Waals surface area contributed by atoms with Crippen molar-refractivity contribution in [1.29, 1.82) is 0 Å². The Hall–Kier alpha value is -1.55. The molecule has 0 spiro atoms. The summed E-state index contributed by atoms with van der Waals surface area (Å²) in [6.45, 7) is 5.85. The first kappa shape index (κ1) is 14.9. The molecule has 4 nitrogen and oxygen atoms in total. The van der Waals surface area contributed by atoms with Gasteiger partial charge in [-0.1, -0.05) is 26.0 Å². The fraction of sp³-hybridized carbons (Fsp3) is 0.562. The Morgan fingerprint density at radius 3 is 3.00 bits per heavy atom. The lowest BCUT2D eigenvalue weighted by Crippen LogP contribution is -2.43. The summed E-state index contributed by atoms with van der Waals surface area (Å²) in [5.41, 5.74) is 2.06. The standard InChI is InChI=1S/C16H24N2O2/c1-12(2)14-6-3-7-15(9-14)17-16(20)18-8-4-5-13(10-18)11-19/h3,6-7,9,12-13,19H,4-5,8,10-11H2,1-2H3,(H,17,20). The number of carbonyl (C=O) groups excluding carboxylic acids is 1. The lowest BCUT2D eigenvalue weighted by Gasteiger charge is -2.31. The summed E-state index contributed by atoms with van der Waals surface area (Å²) in [6.07, 6.45) is 1.97. The Kier molecular flexibility index (Phi) is 5.01. The predicted molar refractivity (Wildman–Crippen MR) is 80.9 cm³/mol.